The third-order valence-electron chi connectivity index (χ3n) is 7.62. The smallest absolute Gasteiger partial charge is 0.326 e. The Morgan fingerprint density at radius 2 is 1.94 bits per heavy atom. The number of imidazole rings is 1. The highest BCUT2D eigenvalue weighted by Gasteiger charge is 2.29. The van der Waals surface area contributed by atoms with Crippen molar-refractivity contribution in [3.05, 3.63) is 64.1 Å². The zero-order chi connectivity index (χ0) is 24.5. The molecule has 1 fully saturated rings. The first-order valence-electron chi connectivity index (χ1n) is 12.5. The molecular weight excluding hydrogens is 440 g/mol. The van der Waals surface area contributed by atoms with Crippen LogP contribution >= 0.6 is 0 Å². The predicted molar refractivity (Wildman–Crippen MR) is 140 cm³/mol. The molecule has 7 nitrogen and oxygen atoms in total. The van der Waals surface area contributed by atoms with E-state index in [0.717, 1.165) is 78.8 Å². The first-order valence-corrected chi connectivity index (χ1v) is 12.5. The van der Waals surface area contributed by atoms with Crippen LogP contribution in [0.15, 0.2) is 47.3 Å². The number of aromatic nitrogens is 2. The average molecular weight is 475 g/mol. The normalized spacial score (nSPS) is 21.1. The van der Waals surface area contributed by atoms with E-state index in [1.807, 2.05) is 35.8 Å². The molecule has 35 heavy (non-hydrogen) atoms. The molecule has 2 heterocycles. The fourth-order valence-corrected chi connectivity index (χ4v) is 5.53. The van der Waals surface area contributed by atoms with E-state index in [2.05, 4.69) is 40.5 Å². The molecule has 0 radical (unpaired) electrons. The van der Waals surface area contributed by atoms with Gasteiger partial charge < -0.3 is 19.9 Å². The molecule has 1 saturated carbocycles. The summed E-state index contributed by atoms with van der Waals surface area (Å²) in [6, 6.07) is 12.0. The first kappa shape index (κ1) is 23.4. The van der Waals surface area contributed by atoms with Gasteiger partial charge >= 0.3 is 5.69 Å². The summed E-state index contributed by atoms with van der Waals surface area (Å²) in [4.78, 5) is 31.4. The monoisotopic (exact) mass is 474 g/mol. The van der Waals surface area contributed by atoms with E-state index in [9.17, 15) is 9.59 Å². The number of carbonyl (C=O) groups excluding carboxylic acids is 1. The molecule has 184 valence electrons. The highest BCUT2D eigenvalue weighted by molar-refractivity contribution is 5.93. The molecule has 0 bridgehead atoms. The number of carbonyl (C=O) groups is 1. The Morgan fingerprint density at radius 3 is 2.66 bits per heavy atom. The molecule has 2 aromatic carbocycles. The number of rotatable bonds is 5. The van der Waals surface area contributed by atoms with E-state index in [4.69, 9.17) is 4.74 Å². The van der Waals surface area contributed by atoms with Crippen LogP contribution < -0.4 is 15.7 Å². The summed E-state index contributed by atoms with van der Waals surface area (Å²) in [6.45, 7) is 3.93. The lowest BCUT2D eigenvalue weighted by Crippen LogP contribution is -2.31. The van der Waals surface area contributed by atoms with Crippen LogP contribution in [0, 0.1) is 12.8 Å². The largest absolute Gasteiger partial charge is 0.496 e. The highest BCUT2D eigenvalue weighted by atomic mass is 16.5. The molecule has 1 aliphatic carbocycles. The molecule has 0 unspecified atom stereocenters. The van der Waals surface area contributed by atoms with Crippen molar-refractivity contribution in [1.29, 1.82) is 0 Å². The number of ether oxygens (including phenoxy) is 1. The van der Waals surface area contributed by atoms with Gasteiger partial charge in [0, 0.05) is 42.4 Å². The summed E-state index contributed by atoms with van der Waals surface area (Å²) in [6.07, 6.45) is 6.38. The molecule has 0 atom stereocenters. The number of aromatic amines is 1. The third kappa shape index (κ3) is 4.65. The second kappa shape index (κ2) is 9.74. The van der Waals surface area contributed by atoms with Gasteiger partial charge in [0.05, 0.1) is 18.1 Å². The Hall–Kier alpha value is -3.32. The molecule has 2 N–H and O–H groups in total. The number of fused-ring (bicyclic) bond motifs is 1. The van der Waals surface area contributed by atoms with Crippen LogP contribution in [0.3, 0.4) is 0 Å². The van der Waals surface area contributed by atoms with Crippen molar-refractivity contribution < 1.29 is 9.53 Å². The summed E-state index contributed by atoms with van der Waals surface area (Å²) in [5.41, 5.74) is 6.06. The molecule has 0 spiro atoms. The minimum absolute atomic E-state index is 0.0390. The molecule has 2 aliphatic rings. The first-order chi connectivity index (χ1) is 16.9. The third-order valence-corrected chi connectivity index (χ3v) is 7.62. The van der Waals surface area contributed by atoms with Crippen LogP contribution in [0.1, 0.15) is 49.3 Å². The fourth-order valence-electron chi connectivity index (χ4n) is 5.53. The Morgan fingerprint density at radius 1 is 1.14 bits per heavy atom. The lowest BCUT2D eigenvalue weighted by molar-refractivity contribution is -0.121. The number of likely N-dealkylation sites (N-methyl/N-ethyl adjacent to an activating group) is 1. The van der Waals surface area contributed by atoms with Gasteiger partial charge in [-0.3, -0.25) is 9.36 Å². The van der Waals surface area contributed by atoms with E-state index >= 15 is 0 Å². The van der Waals surface area contributed by atoms with Gasteiger partial charge in [-0.25, -0.2) is 4.79 Å². The summed E-state index contributed by atoms with van der Waals surface area (Å²) in [7, 11) is 3.76. The number of hydrogen-bond donors (Lipinski definition) is 2. The van der Waals surface area contributed by atoms with Crippen molar-refractivity contribution in [1.82, 2.24) is 14.5 Å². The number of H-pyrrole nitrogens is 1. The van der Waals surface area contributed by atoms with Gasteiger partial charge in [-0.1, -0.05) is 24.3 Å². The summed E-state index contributed by atoms with van der Waals surface area (Å²) in [5.74, 6) is 0.747. The van der Waals surface area contributed by atoms with Crippen LogP contribution in [0.5, 0.6) is 5.75 Å². The second-order valence-electron chi connectivity index (χ2n) is 9.92. The number of para-hydroxylation sites is 1. The van der Waals surface area contributed by atoms with Crippen LogP contribution in [0.4, 0.5) is 5.69 Å². The number of methoxy groups -OCH3 is 1. The Bertz CT molecular complexity index is 1330. The fraction of sp³-hybridized carbons (Fsp3) is 0.429. The minimum Gasteiger partial charge on any atom is -0.496 e. The Labute approximate surface area is 205 Å². The van der Waals surface area contributed by atoms with Crippen molar-refractivity contribution in [2.75, 3.05) is 32.6 Å². The van der Waals surface area contributed by atoms with Gasteiger partial charge in [-0.05, 0) is 69.3 Å². The highest BCUT2D eigenvalue weighted by Crippen LogP contribution is 2.35. The van der Waals surface area contributed by atoms with Crippen LogP contribution in [-0.2, 0) is 4.79 Å². The van der Waals surface area contributed by atoms with Crippen molar-refractivity contribution in [2.24, 2.45) is 5.92 Å². The molecule has 0 saturated heterocycles. The van der Waals surface area contributed by atoms with Crippen molar-refractivity contribution in [3.8, 4) is 5.75 Å². The van der Waals surface area contributed by atoms with Crippen LogP contribution in [-0.4, -0.2) is 47.6 Å². The zero-order valence-corrected chi connectivity index (χ0v) is 20.8. The number of anilines is 1. The molecule has 1 aromatic heterocycles. The van der Waals surface area contributed by atoms with Crippen molar-refractivity contribution in [2.45, 2.75) is 45.1 Å². The lowest BCUT2D eigenvalue weighted by atomic mass is 9.85. The van der Waals surface area contributed by atoms with Crippen LogP contribution in [0.25, 0.3) is 16.6 Å². The Balaban J connectivity index is 1.30. The van der Waals surface area contributed by atoms with Gasteiger partial charge in [-0.15, -0.1) is 0 Å². The molecule has 1 amide bonds. The standard InChI is InChI=1S/C28H34N4O3/c1-18-7-10-21(17-25(18)35-3)29-27(33)20-8-11-22(12-9-20)32-24-6-4-5-23(26(24)30-28(32)34)19-13-15-31(2)16-14-19/h4-7,10,13,17,20,22H,8-9,11-12,14-16H2,1-3H3,(H,29,33)(H,30,34). The number of aryl methyl sites for hydroxylation is 1. The van der Waals surface area contributed by atoms with E-state index in [0.29, 0.717) is 0 Å². The van der Waals surface area contributed by atoms with Gasteiger partial charge in [-0.2, -0.15) is 0 Å². The van der Waals surface area contributed by atoms with Gasteiger partial charge in [0.1, 0.15) is 5.75 Å². The van der Waals surface area contributed by atoms with E-state index in [-0.39, 0.29) is 23.6 Å². The minimum atomic E-state index is -0.0561. The maximum atomic E-state index is 13.1. The lowest BCUT2D eigenvalue weighted by Gasteiger charge is -2.28. The van der Waals surface area contributed by atoms with Gasteiger partial charge in [0.15, 0.2) is 0 Å². The SMILES string of the molecule is COc1cc(NC(=O)C2CCC(n3c(=O)[nH]c4c(C5=CCN(C)CC5)cccc43)CC2)ccc1C. The van der Waals surface area contributed by atoms with E-state index in [1.165, 1.54) is 5.57 Å². The number of amides is 1. The topological polar surface area (TPSA) is 79.4 Å². The summed E-state index contributed by atoms with van der Waals surface area (Å²) in [5, 5.41) is 3.05. The van der Waals surface area contributed by atoms with Gasteiger partial charge in [0.2, 0.25) is 5.91 Å². The van der Waals surface area contributed by atoms with E-state index < -0.39 is 0 Å². The number of benzene rings is 2. The molecular formula is C28H34N4O3. The molecule has 5 rings (SSSR count). The molecule has 7 heteroatoms. The maximum absolute atomic E-state index is 13.1. The molecule has 3 aromatic rings. The zero-order valence-electron chi connectivity index (χ0n) is 20.8. The number of hydrogen-bond acceptors (Lipinski definition) is 4. The maximum Gasteiger partial charge on any atom is 0.326 e. The average Bonchev–Trinajstić information content (AvgIpc) is 3.21. The quantitative estimate of drug-likeness (QED) is 0.560. The van der Waals surface area contributed by atoms with Crippen molar-refractivity contribution >= 4 is 28.2 Å². The predicted octanol–water partition coefficient (Wildman–Crippen LogP) is 4.74. The van der Waals surface area contributed by atoms with Crippen LogP contribution in [0.2, 0.25) is 0 Å². The second-order valence-corrected chi connectivity index (χ2v) is 9.92. The summed E-state index contributed by atoms with van der Waals surface area (Å²) >= 11 is 0. The van der Waals surface area contributed by atoms with E-state index in [1.54, 1.807) is 7.11 Å². The molecule has 1 aliphatic heterocycles. The number of nitrogens with zero attached hydrogens (tertiary/aromatic N) is 2. The Kier molecular flexibility index (Phi) is 6.52. The van der Waals surface area contributed by atoms with Gasteiger partial charge in [0.25, 0.3) is 0 Å². The van der Waals surface area contributed by atoms with Crippen molar-refractivity contribution in [3.63, 3.8) is 0 Å². The summed E-state index contributed by atoms with van der Waals surface area (Å²) < 4.78 is 7.30. The number of nitrogens with one attached hydrogen (secondary N) is 2.